The third-order valence-electron chi connectivity index (χ3n) is 3.99. The lowest BCUT2D eigenvalue weighted by molar-refractivity contribution is 0.0932. The van der Waals surface area contributed by atoms with Crippen LogP contribution in [0.5, 0.6) is 0 Å². The maximum Gasteiger partial charge on any atom is 0.251 e. The van der Waals surface area contributed by atoms with E-state index >= 15 is 0 Å². The first-order valence-corrected chi connectivity index (χ1v) is 9.12. The number of amides is 1. The molecule has 1 atom stereocenters. The highest BCUT2D eigenvalue weighted by Crippen LogP contribution is 2.23. The third kappa shape index (κ3) is 3.77. The van der Waals surface area contributed by atoms with Gasteiger partial charge in [0.1, 0.15) is 3.70 Å². The lowest BCUT2D eigenvalue weighted by atomic mass is 9.96. The summed E-state index contributed by atoms with van der Waals surface area (Å²) in [6.07, 6.45) is 0.904. The molecule has 1 amide bonds. The number of carbonyl (C=O) groups excluding carboxylic acids is 1. The second kappa shape index (κ2) is 7.34. The van der Waals surface area contributed by atoms with Crippen molar-refractivity contribution in [1.82, 2.24) is 15.5 Å². The van der Waals surface area contributed by atoms with Crippen molar-refractivity contribution < 1.29 is 4.79 Å². The fourth-order valence-electron chi connectivity index (χ4n) is 2.80. The summed E-state index contributed by atoms with van der Waals surface area (Å²) in [5.74, 6) is 0.441. The van der Waals surface area contributed by atoms with Gasteiger partial charge >= 0.3 is 0 Å². The van der Waals surface area contributed by atoms with Gasteiger partial charge in [0.2, 0.25) is 0 Å². The maximum absolute atomic E-state index is 12.7. The molecule has 0 bridgehead atoms. The lowest BCUT2D eigenvalue weighted by Crippen LogP contribution is -2.29. The van der Waals surface area contributed by atoms with E-state index in [9.17, 15) is 4.79 Å². The minimum Gasteiger partial charge on any atom is -0.345 e. The number of rotatable bonds is 5. The van der Waals surface area contributed by atoms with Crippen LogP contribution in [-0.4, -0.2) is 16.1 Å². The molecule has 5 heteroatoms. The number of halogens is 1. The van der Waals surface area contributed by atoms with Crippen molar-refractivity contribution in [2.45, 2.75) is 26.3 Å². The number of hydrogen-bond donors (Lipinski definition) is 2. The molecule has 2 aromatic carbocycles. The predicted octanol–water partition coefficient (Wildman–Crippen LogP) is 4.68. The molecule has 2 N–H and O–H groups in total. The van der Waals surface area contributed by atoms with Gasteiger partial charge in [0.25, 0.3) is 5.91 Å². The van der Waals surface area contributed by atoms with Crippen molar-refractivity contribution in [1.29, 1.82) is 0 Å². The van der Waals surface area contributed by atoms with Crippen LogP contribution in [0.2, 0.25) is 0 Å². The van der Waals surface area contributed by atoms with Crippen molar-refractivity contribution in [3.8, 4) is 0 Å². The van der Waals surface area contributed by atoms with E-state index in [2.05, 4.69) is 64.1 Å². The van der Waals surface area contributed by atoms with E-state index in [0.29, 0.717) is 11.5 Å². The van der Waals surface area contributed by atoms with Gasteiger partial charge in [-0.2, -0.15) is 5.10 Å². The zero-order chi connectivity index (χ0) is 17.1. The maximum atomic E-state index is 12.7. The molecule has 24 heavy (non-hydrogen) atoms. The van der Waals surface area contributed by atoms with E-state index in [-0.39, 0.29) is 11.9 Å². The van der Waals surface area contributed by atoms with Crippen molar-refractivity contribution in [3.63, 3.8) is 0 Å². The molecular formula is C19H20IN3O. The molecule has 0 saturated heterocycles. The van der Waals surface area contributed by atoms with E-state index in [4.69, 9.17) is 0 Å². The van der Waals surface area contributed by atoms with Crippen LogP contribution in [0.1, 0.15) is 42.2 Å². The Morgan fingerprint density at radius 3 is 2.67 bits per heavy atom. The highest BCUT2D eigenvalue weighted by molar-refractivity contribution is 14.1. The van der Waals surface area contributed by atoms with Crippen LogP contribution in [0.25, 0.3) is 10.9 Å². The molecular weight excluding hydrogens is 413 g/mol. The monoisotopic (exact) mass is 433 g/mol. The van der Waals surface area contributed by atoms with Gasteiger partial charge in [0.05, 0.1) is 11.6 Å². The standard InChI is InChI=1S/C19H20IN3O/c1-12(2)10-17(13-6-4-3-5-7-13)21-19(24)14-8-9-16-15(11-14)18(20)23-22-16/h3-9,11-12,17H,10H2,1-2H3,(H,21,24)(H,22,23)/t17-/m0/s1. The summed E-state index contributed by atoms with van der Waals surface area (Å²) in [7, 11) is 0. The summed E-state index contributed by atoms with van der Waals surface area (Å²) in [5.41, 5.74) is 2.74. The van der Waals surface area contributed by atoms with Gasteiger partial charge in [-0.05, 0) is 58.7 Å². The second-order valence-electron chi connectivity index (χ2n) is 6.34. The summed E-state index contributed by atoms with van der Waals surface area (Å²) >= 11 is 2.17. The molecule has 0 unspecified atom stereocenters. The number of fused-ring (bicyclic) bond motifs is 1. The quantitative estimate of drug-likeness (QED) is 0.574. The molecule has 3 rings (SSSR count). The van der Waals surface area contributed by atoms with Crippen LogP contribution >= 0.6 is 22.6 Å². The molecule has 3 aromatic rings. The summed E-state index contributed by atoms with van der Waals surface area (Å²) in [6.45, 7) is 4.34. The van der Waals surface area contributed by atoms with Crippen molar-refractivity contribution >= 4 is 39.4 Å². The van der Waals surface area contributed by atoms with Crippen LogP contribution < -0.4 is 5.32 Å². The Morgan fingerprint density at radius 1 is 1.21 bits per heavy atom. The Balaban J connectivity index is 1.85. The first-order valence-electron chi connectivity index (χ1n) is 8.04. The number of hydrogen-bond acceptors (Lipinski definition) is 2. The van der Waals surface area contributed by atoms with Crippen LogP contribution in [0, 0.1) is 9.62 Å². The van der Waals surface area contributed by atoms with Gasteiger partial charge in [-0.1, -0.05) is 44.2 Å². The Kier molecular flexibility index (Phi) is 5.18. The summed E-state index contributed by atoms with van der Waals surface area (Å²) in [4.78, 5) is 12.7. The molecule has 0 aliphatic heterocycles. The molecule has 0 radical (unpaired) electrons. The molecule has 4 nitrogen and oxygen atoms in total. The van der Waals surface area contributed by atoms with E-state index in [0.717, 1.165) is 26.6 Å². The third-order valence-corrected chi connectivity index (χ3v) is 4.82. The summed E-state index contributed by atoms with van der Waals surface area (Å²) in [5, 5.41) is 11.3. The summed E-state index contributed by atoms with van der Waals surface area (Å²) < 4.78 is 0.874. The van der Waals surface area contributed by atoms with Crippen molar-refractivity contribution in [2.75, 3.05) is 0 Å². The lowest BCUT2D eigenvalue weighted by Gasteiger charge is -2.21. The van der Waals surface area contributed by atoms with Crippen LogP contribution in [0.4, 0.5) is 0 Å². The largest absolute Gasteiger partial charge is 0.345 e. The van der Waals surface area contributed by atoms with Gasteiger partial charge in [0, 0.05) is 10.9 Å². The van der Waals surface area contributed by atoms with E-state index in [1.807, 2.05) is 36.4 Å². The van der Waals surface area contributed by atoms with Crippen molar-refractivity contribution in [3.05, 3.63) is 63.4 Å². The molecule has 1 aromatic heterocycles. The number of benzene rings is 2. The van der Waals surface area contributed by atoms with Crippen LogP contribution in [-0.2, 0) is 0 Å². The smallest absolute Gasteiger partial charge is 0.251 e. The SMILES string of the molecule is CC(C)C[C@H](NC(=O)c1ccc2[nH]nc(I)c2c1)c1ccccc1. The molecule has 0 aliphatic rings. The molecule has 0 spiro atoms. The predicted molar refractivity (Wildman–Crippen MR) is 105 cm³/mol. The Labute approximate surface area is 155 Å². The van der Waals surface area contributed by atoms with Crippen LogP contribution in [0.3, 0.4) is 0 Å². The van der Waals surface area contributed by atoms with E-state index < -0.39 is 0 Å². The number of nitrogens with zero attached hydrogens (tertiary/aromatic N) is 1. The zero-order valence-electron chi connectivity index (χ0n) is 13.7. The van der Waals surface area contributed by atoms with E-state index in [1.165, 1.54) is 0 Å². The van der Waals surface area contributed by atoms with Gasteiger partial charge < -0.3 is 5.32 Å². The average Bonchev–Trinajstić information content (AvgIpc) is 2.95. The number of aromatic amines is 1. The number of carbonyl (C=O) groups is 1. The Bertz CT molecular complexity index is 842. The highest BCUT2D eigenvalue weighted by Gasteiger charge is 2.17. The number of nitrogens with one attached hydrogen (secondary N) is 2. The topological polar surface area (TPSA) is 57.8 Å². The number of H-pyrrole nitrogens is 1. The molecule has 1 heterocycles. The number of aromatic nitrogens is 2. The highest BCUT2D eigenvalue weighted by atomic mass is 127. The molecule has 0 fully saturated rings. The van der Waals surface area contributed by atoms with Gasteiger partial charge in [-0.15, -0.1) is 0 Å². The first-order chi connectivity index (χ1) is 11.5. The summed E-state index contributed by atoms with van der Waals surface area (Å²) in [6, 6.07) is 15.8. The van der Waals surface area contributed by atoms with Gasteiger partial charge in [0.15, 0.2) is 0 Å². The van der Waals surface area contributed by atoms with Gasteiger partial charge in [-0.25, -0.2) is 0 Å². The minimum absolute atomic E-state index is 0.0119. The zero-order valence-corrected chi connectivity index (χ0v) is 15.9. The van der Waals surface area contributed by atoms with Gasteiger partial charge in [-0.3, -0.25) is 9.89 Å². The van der Waals surface area contributed by atoms with E-state index in [1.54, 1.807) is 0 Å². The Morgan fingerprint density at radius 2 is 1.96 bits per heavy atom. The molecule has 0 aliphatic carbocycles. The normalized spacial score (nSPS) is 12.5. The van der Waals surface area contributed by atoms with Crippen molar-refractivity contribution in [2.24, 2.45) is 5.92 Å². The van der Waals surface area contributed by atoms with Crippen LogP contribution in [0.15, 0.2) is 48.5 Å². The Hall–Kier alpha value is -1.89. The fourth-order valence-corrected chi connectivity index (χ4v) is 3.37. The minimum atomic E-state index is -0.0524. The molecule has 124 valence electrons. The second-order valence-corrected chi connectivity index (χ2v) is 7.36. The average molecular weight is 433 g/mol. The molecule has 0 saturated carbocycles. The first kappa shape index (κ1) is 17.0. The fraction of sp³-hybridized carbons (Fsp3) is 0.263.